The minimum atomic E-state index is -0.309. The van der Waals surface area contributed by atoms with Crippen molar-refractivity contribution in [1.29, 1.82) is 0 Å². The van der Waals surface area contributed by atoms with E-state index in [0.717, 1.165) is 0 Å². The number of nitrogens with zero attached hydrogens (tertiary/aromatic N) is 3. The first-order chi connectivity index (χ1) is 14.5. The normalized spacial score (nSPS) is 15.0. The lowest BCUT2D eigenvalue weighted by Gasteiger charge is -2.31. The second kappa shape index (κ2) is 8.14. The number of piperidine rings is 1. The largest absolute Gasteiger partial charge is 0.459 e. The molecule has 8 heteroatoms. The van der Waals surface area contributed by atoms with Crippen LogP contribution < -0.4 is 10.9 Å². The summed E-state index contributed by atoms with van der Waals surface area (Å²) in [6.45, 7) is 4.78. The van der Waals surface area contributed by atoms with Crippen LogP contribution in [0.2, 0.25) is 0 Å². The number of furan rings is 1. The smallest absolute Gasteiger partial charge is 0.289 e. The van der Waals surface area contributed by atoms with Gasteiger partial charge in [-0.3, -0.25) is 14.4 Å². The van der Waals surface area contributed by atoms with Crippen molar-refractivity contribution in [2.24, 2.45) is 0 Å². The van der Waals surface area contributed by atoms with Gasteiger partial charge in [0.25, 0.3) is 17.4 Å². The molecule has 1 aromatic carbocycles. The molecule has 1 aliphatic rings. The van der Waals surface area contributed by atoms with E-state index in [1.165, 1.54) is 10.9 Å². The van der Waals surface area contributed by atoms with Crippen LogP contribution in [0.3, 0.4) is 0 Å². The molecule has 0 atom stereocenters. The zero-order valence-electron chi connectivity index (χ0n) is 17.0. The minimum absolute atomic E-state index is 0.0712. The standard InChI is InChI=1S/C22H24N4O4/c1-14(2)26-21(28)17-7-4-3-6-16(17)19(24-26)20(27)23-15-9-11-25(12-10-15)22(29)18-8-5-13-30-18/h3-8,13-15H,9-12H2,1-2H3,(H,23,27). The van der Waals surface area contributed by atoms with E-state index in [-0.39, 0.29) is 35.2 Å². The van der Waals surface area contributed by atoms with E-state index in [9.17, 15) is 14.4 Å². The summed E-state index contributed by atoms with van der Waals surface area (Å²) in [6, 6.07) is 10.1. The van der Waals surface area contributed by atoms with Crippen molar-refractivity contribution in [2.75, 3.05) is 13.1 Å². The lowest BCUT2D eigenvalue weighted by atomic mass is 10.0. The number of nitrogens with one attached hydrogen (secondary N) is 1. The molecule has 0 bridgehead atoms. The molecule has 4 rings (SSSR count). The number of rotatable bonds is 4. The fourth-order valence-corrected chi connectivity index (χ4v) is 3.76. The van der Waals surface area contributed by atoms with Gasteiger partial charge in [0, 0.05) is 24.5 Å². The molecule has 1 fully saturated rings. The molecule has 2 aromatic heterocycles. The third kappa shape index (κ3) is 3.72. The van der Waals surface area contributed by atoms with Crippen LogP contribution in [0.5, 0.6) is 0 Å². The van der Waals surface area contributed by atoms with Gasteiger partial charge >= 0.3 is 0 Å². The summed E-state index contributed by atoms with van der Waals surface area (Å²) in [7, 11) is 0. The number of benzene rings is 1. The summed E-state index contributed by atoms with van der Waals surface area (Å²) in [6.07, 6.45) is 2.76. The van der Waals surface area contributed by atoms with Crippen molar-refractivity contribution in [3.63, 3.8) is 0 Å². The first-order valence-electron chi connectivity index (χ1n) is 10.1. The van der Waals surface area contributed by atoms with Crippen LogP contribution in [-0.2, 0) is 0 Å². The van der Waals surface area contributed by atoms with Gasteiger partial charge in [-0.05, 0) is 44.9 Å². The highest BCUT2D eigenvalue weighted by Crippen LogP contribution is 2.18. The Morgan fingerprint density at radius 1 is 1.10 bits per heavy atom. The Kier molecular flexibility index (Phi) is 5.39. The van der Waals surface area contributed by atoms with Crippen LogP contribution >= 0.6 is 0 Å². The predicted molar refractivity (Wildman–Crippen MR) is 111 cm³/mol. The molecule has 2 amide bonds. The fraction of sp³-hybridized carbons (Fsp3) is 0.364. The molecule has 0 saturated carbocycles. The van der Waals surface area contributed by atoms with Gasteiger partial charge in [0.15, 0.2) is 11.5 Å². The van der Waals surface area contributed by atoms with E-state index in [0.29, 0.717) is 42.5 Å². The van der Waals surface area contributed by atoms with Crippen molar-refractivity contribution in [2.45, 2.75) is 38.8 Å². The van der Waals surface area contributed by atoms with Gasteiger partial charge in [-0.25, -0.2) is 4.68 Å². The SMILES string of the molecule is CC(C)n1nc(C(=O)NC2CCN(C(=O)c3ccco3)CC2)c2ccccc2c1=O. The average molecular weight is 408 g/mol. The highest BCUT2D eigenvalue weighted by molar-refractivity contribution is 6.04. The molecule has 0 spiro atoms. The average Bonchev–Trinajstić information content (AvgIpc) is 3.29. The second-order valence-electron chi connectivity index (χ2n) is 7.75. The quantitative estimate of drug-likeness (QED) is 0.716. The Labute approximate surface area is 173 Å². The van der Waals surface area contributed by atoms with Gasteiger partial charge in [0.2, 0.25) is 0 Å². The first-order valence-corrected chi connectivity index (χ1v) is 10.1. The molecule has 1 N–H and O–H groups in total. The van der Waals surface area contributed by atoms with Crippen LogP contribution in [0.25, 0.3) is 10.8 Å². The molecule has 8 nitrogen and oxygen atoms in total. The van der Waals surface area contributed by atoms with E-state index in [1.54, 1.807) is 41.3 Å². The molecular formula is C22H24N4O4. The van der Waals surface area contributed by atoms with Crippen LogP contribution in [0, 0.1) is 0 Å². The molecule has 1 aliphatic heterocycles. The summed E-state index contributed by atoms with van der Waals surface area (Å²) in [5, 5.41) is 8.41. The predicted octanol–water partition coefficient (Wildman–Crippen LogP) is 2.61. The number of carbonyl (C=O) groups is 2. The fourth-order valence-electron chi connectivity index (χ4n) is 3.76. The topological polar surface area (TPSA) is 97.4 Å². The molecule has 0 radical (unpaired) electrons. The Bertz CT molecular complexity index is 1130. The third-order valence-electron chi connectivity index (χ3n) is 5.38. The van der Waals surface area contributed by atoms with Crippen LogP contribution in [0.15, 0.2) is 51.9 Å². The van der Waals surface area contributed by atoms with Gasteiger partial charge in [-0.1, -0.05) is 18.2 Å². The Morgan fingerprint density at radius 2 is 1.80 bits per heavy atom. The van der Waals surface area contributed by atoms with Crippen molar-refractivity contribution >= 4 is 22.6 Å². The number of likely N-dealkylation sites (tertiary alicyclic amines) is 1. The van der Waals surface area contributed by atoms with Crippen molar-refractivity contribution in [3.05, 3.63) is 64.5 Å². The Balaban J connectivity index is 1.50. The number of aromatic nitrogens is 2. The first kappa shape index (κ1) is 19.9. The van der Waals surface area contributed by atoms with Gasteiger partial charge in [0.1, 0.15) is 0 Å². The van der Waals surface area contributed by atoms with Gasteiger partial charge in [-0.2, -0.15) is 5.10 Å². The van der Waals surface area contributed by atoms with Crippen LogP contribution in [-0.4, -0.2) is 45.6 Å². The maximum Gasteiger partial charge on any atom is 0.289 e. The van der Waals surface area contributed by atoms with Crippen molar-refractivity contribution in [3.8, 4) is 0 Å². The molecule has 0 unspecified atom stereocenters. The summed E-state index contributed by atoms with van der Waals surface area (Å²) in [5.41, 5.74) is 0.0369. The number of hydrogen-bond donors (Lipinski definition) is 1. The molecule has 3 aromatic rings. The van der Waals surface area contributed by atoms with Crippen LogP contribution in [0.1, 0.15) is 53.8 Å². The van der Waals surface area contributed by atoms with E-state index in [1.807, 2.05) is 13.8 Å². The third-order valence-corrected chi connectivity index (χ3v) is 5.38. The van der Waals surface area contributed by atoms with E-state index in [4.69, 9.17) is 4.42 Å². The minimum Gasteiger partial charge on any atom is -0.459 e. The number of amides is 2. The van der Waals surface area contributed by atoms with E-state index < -0.39 is 0 Å². The summed E-state index contributed by atoms with van der Waals surface area (Å²) >= 11 is 0. The maximum absolute atomic E-state index is 13.0. The summed E-state index contributed by atoms with van der Waals surface area (Å²) in [5.74, 6) is -0.123. The molecular weight excluding hydrogens is 384 g/mol. The summed E-state index contributed by atoms with van der Waals surface area (Å²) in [4.78, 5) is 39.8. The number of carbonyl (C=O) groups excluding carboxylic acids is 2. The van der Waals surface area contributed by atoms with E-state index >= 15 is 0 Å². The number of hydrogen-bond acceptors (Lipinski definition) is 5. The molecule has 0 aliphatic carbocycles. The monoisotopic (exact) mass is 408 g/mol. The zero-order chi connectivity index (χ0) is 21.3. The lowest BCUT2D eigenvalue weighted by molar-refractivity contribution is 0.0667. The van der Waals surface area contributed by atoms with Crippen LogP contribution in [0.4, 0.5) is 0 Å². The zero-order valence-corrected chi connectivity index (χ0v) is 17.0. The van der Waals surface area contributed by atoms with Gasteiger partial charge in [0.05, 0.1) is 17.7 Å². The maximum atomic E-state index is 13.0. The van der Waals surface area contributed by atoms with Gasteiger partial charge < -0.3 is 14.6 Å². The van der Waals surface area contributed by atoms with Crippen molar-refractivity contribution < 1.29 is 14.0 Å². The Hall–Kier alpha value is -3.42. The summed E-state index contributed by atoms with van der Waals surface area (Å²) < 4.78 is 6.53. The molecule has 3 heterocycles. The molecule has 30 heavy (non-hydrogen) atoms. The van der Waals surface area contributed by atoms with Crippen molar-refractivity contribution in [1.82, 2.24) is 20.0 Å². The lowest BCUT2D eigenvalue weighted by Crippen LogP contribution is -2.47. The number of fused-ring (bicyclic) bond motifs is 1. The highest BCUT2D eigenvalue weighted by Gasteiger charge is 2.27. The van der Waals surface area contributed by atoms with Gasteiger partial charge in [-0.15, -0.1) is 0 Å². The molecule has 156 valence electrons. The van der Waals surface area contributed by atoms with E-state index in [2.05, 4.69) is 10.4 Å². The Morgan fingerprint density at radius 3 is 2.43 bits per heavy atom. The highest BCUT2D eigenvalue weighted by atomic mass is 16.3. The second-order valence-corrected chi connectivity index (χ2v) is 7.75. The molecule has 1 saturated heterocycles.